The average Bonchev–Trinajstić information content (AvgIpc) is 2.45. The standard InChI is InChI=1S/C15H18BrN3O/c1-4-5-12-14(17-3)18-9-19-15(12)20-13-8-11(16)7-6-10(13)2/h6-9H,4-5H2,1-3H3,(H,17,18,19). The Morgan fingerprint density at radius 3 is 2.80 bits per heavy atom. The zero-order valence-electron chi connectivity index (χ0n) is 11.9. The monoisotopic (exact) mass is 335 g/mol. The van der Waals surface area contributed by atoms with Crippen molar-refractivity contribution in [3.63, 3.8) is 0 Å². The highest BCUT2D eigenvalue weighted by Crippen LogP contribution is 2.31. The van der Waals surface area contributed by atoms with Gasteiger partial charge in [-0.05, 0) is 31.0 Å². The predicted molar refractivity (Wildman–Crippen MR) is 84.5 cm³/mol. The van der Waals surface area contributed by atoms with Crippen molar-refractivity contribution in [3.05, 3.63) is 40.1 Å². The number of ether oxygens (including phenoxy) is 1. The normalized spacial score (nSPS) is 10.4. The molecule has 1 heterocycles. The van der Waals surface area contributed by atoms with Gasteiger partial charge in [0.05, 0.1) is 5.56 Å². The van der Waals surface area contributed by atoms with E-state index >= 15 is 0 Å². The molecule has 0 spiro atoms. The van der Waals surface area contributed by atoms with Gasteiger partial charge >= 0.3 is 0 Å². The number of nitrogens with zero attached hydrogens (tertiary/aromatic N) is 2. The van der Waals surface area contributed by atoms with Crippen LogP contribution in [-0.4, -0.2) is 17.0 Å². The fraction of sp³-hybridized carbons (Fsp3) is 0.333. The summed E-state index contributed by atoms with van der Waals surface area (Å²) in [5.74, 6) is 2.24. The summed E-state index contributed by atoms with van der Waals surface area (Å²) in [5, 5.41) is 3.09. The van der Waals surface area contributed by atoms with Crippen molar-refractivity contribution in [1.29, 1.82) is 0 Å². The Labute approximate surface area is 127 Å². The van der Waals surface area contributed by atoms with Crippen LogP contribution < -0.4 is 10.1 Å². The summed E-state index contributed by atoms with van der Waals surface area (Å²) in [6.07, 6.45) is 3.41. The van der Waals surface area contributed by atoms with Gasteiger partial charge in [0.15, 0.2) is 0 Å². The van der Waals surface area contributed by atoms with Gasteiger partial charge in [0.1, 0.15) is 17.9 Å². The van der Waals surface area contributed by atoms with E-state index in [9.17, 15) is 0 Å². The molecule has 1 aromatic carbocycles. The van der Waals surface area contributed by atoms with E-state index in [1.54, 1.807) is 0 Å². The second kappa shape index (κ2) is 6.70. The molecule has 4 nitrogen and oxygen atoms in total. The van der Waals surface area contributed by atoms with Gasteiger partial charge in [-0.2, -0.15) is 0 Å². The number of hydrogen-bond acceptors (Lipinski definition) is 4. The van der Waals surface area contributed by atoms with Crippen molar-refractivity contribution in [2.45, 2.75) is 26.7 Å². The minimum Gasteiger partial charge on any atom is -0.438 e. The molecule has 0 unspecified atom stereocenters. The summed E-state index contributed by atoms with van der Waals surface area (Å²) in [6.45, 7) is 4.14. The van der Waals surface area contributed by atoms with Crippen molar-refractivity contribution in [1.82, 2.24) is 9.97 Å². The molecule has 0 saturated carbocycles. The lowest BCUT2D eigenvalue weighted by Crippen LogP contribution is -2.03. The van der Waals surface area contributed by atoms with Gasteiger partial charge in [-0.3, -0.25) is 0 Å². The number of aromatic nitrogens is 2. The lowest BCUT2D eigenvalue weighted by Gasteiger charge is -2.14. The summed E-state index contributed by atoms with van der Waals surface area (Å²) in [5.41, 5.74) is 2.08. The first-order valence-electron chi connectivity index (χ1n) is 6.61. The fourth-order valence-corrected chi connectivity index (χ4v) is 2.30. The van der Waals surface area contributed by atoms with E-state index < -0.39 is 0 Å². The highest BCUT2D eigenvalue weighted by atomic mass is 79.9. The topological polar surface area (TPSA) is 47.0 Å². The first-order valence-corrected chi connectivity index (χ1v) is 7.40. The number of aryl methyl sites for hydroxylation is 1. The number of hydrogen-bond donors (Lipinski definition) is 1. The first kappa shape index (κ1) is 14.8. The third kappa shape index (κ3) is 3.28. The van der Waals surface area contributed by atoms with Gasteiger partial charge in [0, 0.05) is 11.5 Å². The van der Waals surface area contributed by atoms with Crippen LogP contribution in [0.4, 0.5) is 5.82 Å². The van der Waals surface area contributed by atoms with E-state index in [1.807, 2.05) is 32.2 Å². The Kier molecular flexibility index (Phi) is 4.95. The Morgan fingerprint density at radius 2 is 2.10 bits per heavy atom. The van der Waals surface area contributed by atoms with Crippen LogP contribution in [0.15, 0.2) is 29.0 Å². The molecule has 0 fully saturated rings. The molecule has 20 heavy (non-hydrogen) atoms. The molecule has 0 amide bonds. The minimum absolute atomic E-state index is 0.618. The van der Waals surface area contributed by atoms with E-state index in [1.165, 1.54) is 6.33 Å². The molecule has 1 N–H and O–H groups in total. The molecule has 0 radical (unpaired) electrons. The number of anilines is 1. The maximum atomic E-state index is 6.00. The van der Waals surface area contributed by atoms with E-state index in [0.29, 0.717) is 5.88 Å². The summed E-state index contributed by atoms with van der Waals surface area (Å²) >= 11 is 3.46. The van der Waals surface area contributed by atoms with Gasteiger partial charge in [-0.1, -0.05) is 35.3 Å². The van der Waals surface area contributed by atoms with Crippen LogP contribution in [0.5, 0.6) is 11.6 Å². The van der Waals surface area contributed by atoms with Gasteiger partial charge in [-0.15, -0.1) is 0 Å². The maximum Gasteiger partial charge on any atom is 0.227 e. The lowest BCUT2D eigenvalue weighted by atomic mass is 10.1. The van der Waals surface area contributed by atoms with Crippen molar-refractivity contribution >= 4 is 21.7 Å². The van der Waals surface area contributed by atoms with E-state index in [0.717, 1.165) is 40.0 Å². The SMILES string of the molecule is CCCc1c(NC)ncnc1Oc1cc(Br)ccc1C. The molecular weight excluding hydrogens is 318 g/mol. The second-order valence-corrected chi connectivity index (χ2v) is 5.43. The molecule has 1 aromatic heterocycles. The van der Waals surface area contributed by atoms with Gasteiger partial charge in [0.2, 0.25) is 5.88 Å². The molecule has 2 aromatic rings. The molecular formula is C15H18BrN3O. The minimum atomic E-state index is 0.618. The Bertz CT molecular complexity index is 602. The van der Waals surface area contributed by atoms with Crippen molar-refractivity contribution < 1.29 is 4.74 Å². The number of rotatable bonds is 5. The average molecular weight is 336 g/mol. The molecule has 0 aliphatic carbocycles. The van der Waals surface area contributed by atoms with E-state index in [-0.39, 0.29) is 0 Å². The maximum absolute atomic E-state index is 6.00. The first-order chi connectivity index (χ1) is 9.65. The molecule has 0 aliphatic heterocycles. The third-order valence-electron chi connectivity index (χ3n) is 3.00. The smallest absolute Gasteiger partial charge is 0.227 e. The van der Waals surface area contributed by atoms with Crippen molar-refractivity contribution in [2.24, 2.45) is 0 Å². The number of halogens is 1. The molecule has 5 heteroatoms. The predicted octanol–water partition coefficient (Wildman–Crippen LogP) is 4.33. The molecule has 2 rings (SSSR count). The van der Waals surface area contributed by atoms with Gasteiger partial charge < -0.3 is 10.1 Å². The van der Waals surface area contributed by atoms with Crippen molar-refractivity contribution in [3.8, 4) is 11.6 Å². The van der Waals surface area contributed by atoms with E-state index in [4.69, 9.17) is 4.74 Å². The van der Waals surface area contributed by atoms with E-state index in [2.05, 4.69) is 38.1 Å². The Morgan fingerprint density at radius 1 is 1.30 bits per heavy atom. The van der Waals surface area contributed by atoms with Crippen LogP contribution >= 0.6 is 15.9 Å². The molecule has 0 saturated heterocycles. The van der Waals surface area contributed by atoms with Crippen LogP contribution in [0, 0.1) is 6.92 Å². The molecule has 0 aliphatic rings. The summed E-state index contributed by atoms with van der Waals surface area (Å²) in [4.78, 5) is 8.53. The fourth-order valence-electron chi connectivity index (χ4n) is 1.96. The molecule has 0 bridgehead atoms. The summed E-state index contributed by atoms with van der Waals surface area (Å²) < 4.78 is 6.98. The Hall–Kier alpha value is -1.62. The van der Waals surface area contributed by atoms with Crippen LogP contribution in [-0.2, 0) is 6.42 Å². The summed E-state index contributed by atoms with van der Waals surface area (Å²) in [7, 11) is 1.86. The second-order valence-electron chi connectivity index (χ2n) is 4.52. The van der Waals surface area contributed by atoms with Crippen LogP contribution in [0.2, 0.25) is 0 Å². The van der Waals surface area contributed by atoms with Crippen LogP contribution in [0.3, 0.4) is 0 Å². The molecule has 0 atom stereocenters. The Balaban J connectivity index is 2.39. The van der Waals surface area contributed by atoms with Gasteiger partial charge in [0.25, 0.3) is 0 Å². The zero-order chi connectivity index (χ0) is 14.5. The number of nitrogens with one attached hydrogen (secondary N) is 1. The molecule has 106 valence electrons. The van der Waals surface area contributed by atoms with Crippen molar-refractivity contribution in [2.75, 3.05) is 12.4 Å². The van der Waals surface area contributed by atoms with Gasteiger partial charge in [-0.25, -0.2) is 9.97 Å². The quantitative estimate of drug-likeness (QED) is 0.883. The highest BCUT2D eigenvalue weighted by molar-refractivity contribution is 9.10. The zero-order valence-corrected chi connectivity index (χ0v) is 13.5. The third-order valence-corrected chi connectivity index (χ3v) is 3.49. The summed E-state index contributed by atoms with van der Waals surface area (Å²) in [6, 6.07) is 5.96. The largest absolute Gasteiger partial charge is 0.438 e. The number of benzene rings is 1. The highest BCUT2D eigenvalue weighted by Gasteiger charge is 2.13. The van der Waals surface area contributed by atoms with Crippen LogP contribution in [0.25, 0.3) is 0 Å². The van der Waals surface area contributed by atoms with Crippen LogP contribution in [0.1, 0.15) is 24.5 Å². The lowest BCUT2D eigenvalue weighted by molar-refractivity contribution is 0.451.